The largest absolute Gasteiger partial charge is 0.394 e. The highest BCUT2D eigenvalue weighted by atomic mass is 16.3. The van der Waals surface area contributed by atoms with Crippen LogP contribution in [0.15, 0.2) is 0 Å². The normalized spacial score (nSPS) is 14.4. The van der Waals surface area contributed by atoms with Gasteiger partial charge in [-0.1, -0.05) is 117 Å². The molecule has 0 aromatic carbocycles. The smallest absolute Gasteiger partial charge is 0.249 e. The van der Waals surface area contributed by atoms with Gasteiger partial charge in [0.25, 0.3) is 0 Å². The van der Waals surface area contributed by atoms with Crippen LogP contribution in [0.2, 0.25) is 0 Å². The first-order chi connectivity index (χ1) is 14.6. The van der Waals surface area contributed by atoms with Gasteiger partial charge in [-0.3, -0.25) is 4.79 Å². The van der Waals surface area contributed by atoms with E-state index in [2.05, 4.69) is 19.2 Å². The molecule has 0 aliphatic heterocycles. The van der Waals surface area contributed by atoms with Crippen LogP contribution in [0.4, 0.5) is 0 Å². The average molecular weight is 430 g/mol. The van der Waals surface area contributed by atoms with Gasteiger partial charge >= 0.3 is 0 Å². The van der Waals surface area contributed by atoms with Gasteiger partial charge < -0.3 is 20.6 Å². The summed E-state index contributed by atoms with van der Waals surface area (Å²) in [6, 6.07) is -0.698. The quantitative estimate of drug-likeness (QED) is 0.177. The SMILES string of the molecule is CCCCCCCCCCCCCCC[C@@H](O)[C@H](CO)NC(=O)C(O)CCCCC. The number of aliphatic hydroxyl groups excluding tert-OH is 3. The summed E-state index contributed by atoms with van der Waals surface area (Å²) in [6.45, 7) is 4.01. The molecule has 0 bridgehead atoms. The Labute approximate surface area is 186 Å². The van der Waals surface area contributed by atoms with Gasteiger partial charge in [-0.15, -0.1) is 0 Å². The molecule has 0 aromatic heterocycles. The topological polar surface area (TPSA) is 89.8 Å². The van der Waals surface area contributed by atoms with Gasteiger partial charge in [0.05, 0.1) is 18.8 Å². The van der Waals surface area contributed by atoms with Gasteiger partial charge in [0, 0.05) is 0 Å². The summed E-state index contributed by atoms with van der Waals surface area (Å²) in [6.07, 6.45) is 18.6. The molecule has 1 unspecified atom stereocenters. The molecule has 0 saturated carbocycles. The molecule has 1 amide bonds. The molecule has 0 fully saturated rings. The molecular weight excluding hydrogens is 378 g/mol. The van der Waals surface area contributed by atoms with Crippen molar-refractivity contribution in [3.8, 4) is 0 Å². The summed E-state index contributed by atoms with van der Waals surface area (Å²) in [7, 11) is 0. The highest BCUT2D eigenvalue weighted by Crippen LogP contribution is 2.14. The van der Waals surface area contributed by atoms with Crippen LogP contribution in [0.25, 0.3) is 0 Å². The number of carbonyl (C=O) groups excluding carboxylic acids is 1. The summed E-state index contributed by atoms with van der Waals surface area (Å²) in [5.74, 6) is -0.491. The molecule has 5 heteroatoms. The highest BCUT2D eigenvalue weighted by Gasteiger charge is 2.23. The fraction of sp³-hybridized carbons (Fsp3) is 0.960. The Bertz CT molecular complexity index is 378. The lowest BCUT2D eigenvalue weighted by Gasteiger charge is -2.23. The lowest BCUT2D eigenvalue weighted by atomic mass is 10.0. The zero-order chi connectivity index (χ0) is 22.5. The lowest BCUT2D eigenvalue weighted by molar-refractivity contribution is -0.131. The van der Waals surface area contributed by atoms with Crippen molar-refractivity contribution in [1.29, 1.82) is 0 Å². The molecule has 0 aliphatic carbocycles. The van der Waals surface area contributed by atoms with E-state index >= 15 is 0 Å². The summed E-state index contributed by atoms with van der Waals surface area (Å²) >= 11 is 0. The van der Waals surface area contributed by atoms with Crippen LogP contribution in [0.3, 0.4) is 0 Å². The first kappa shape index (κ1) is 29.4. The number of carbonyl (C=O) groups is 1. The van der Waals surface area contributed by atoms with Crippen LogP contribution in [0, 0.1) is 0 Å². The molecule has 180 valence electrons. The number of aliphatic hydroxyl groups is 3. The molecule has 4 N–H and O–H groups in total. The highest BCUT2D eigenvalue weighted by molar-refractivity contribution is 5.80. The third kappa shape index (κ3) is 17.1. The van der Waals surface area contributed by atoms with Crippen molar-refractivity contribution in [3.63, 3.8) is 0 Å². The second-order valence-corrected chi connectivity index (χ2v) is 8.91. The molecule has 0 heterocycles. The zero-order valence-electron chi connectivity index (χ0n) is 19.9. The minimum atomic E-state index is -1.06. The van der Waals surface area contributed by atoms with E-state index in [0.717, 1.165) is 32.1 Å². The summed E-state index contributed by atoms with van der Waals surface area (Å²) < 4.78 is 0. The average Bonchev–Trinajstić information content (AvgIpc) is 2.74. The van der Waals surface area contributed by atoms with E-state index in [4.69, 9.17) is 0 Å². The van der Waals surface area contributed by atoms with Crippen molar-refractivity contribution < 1.29 is 20.1 Å². The number of unbranched alkanes of at least 4 members (excludes halogenated alkanes) is 14. The van der Waals surface area contributed by atoms with Crippen LogP contribution in [0.5, 0.6) is 0 Å². The van der Waals surface area contributed by atoms with Crippen LogP contribution in [-0.2, 0) is 4.79 Å². The number of hydrogen-bond acceptors (Lipinski definition) is 4. The first-order valence-electron chi connectivity index (χ1n) is 12.8. The Morgan fingerprint density at radius 2 is 1.07 bits per heavy atom. The maximum atomic E-state index is 12.0. The fourth-order valence-electron chi connectivity index (χ4n) is 3.83. The molecule has 0 spiro atoms. The second-order valence-electron chi connectivity index (χ2n) is 8.91. The summed E-state index contributed by atoms with van der Waals surface area (Å²) in [4.78, 5) is 12.0. The molecule has 0 rings (SSSR count). The first-order valence-corrected chi connectivity index (χ1v) is 12.8. The van der Waals surface area contributed by atoms with Crippen LogP contribution in [-0.4, -0.2) is 46.1 Å². The van der Waals surface area contributed by atoms with Gasteiger partial charge in [0.15, 0.2) is 0 Å². The standard InChI is InChI=1S/C25H51NO4/c1-3-5-7-8-9-10-11-12-13-14-15-16-18-19-23(28)22(21-27)26-25(30)24(29)20-17-6-4-2/h22-24,27-29H,3-21H2,1-2H3,(H,26,30)/t22-,23+,24?/m0/s1. The van der Waals surface area contributed by atoms with E-state index in [-0.39, 0.29) is 6.61 Å². The molecule has 30 heavy (non-hydrogen) atoms. The molecule has 3 atom stereocenters. The van der Waals surface area contributed by atoms with Gasteiger partial charge in [-0.05, 0) is 12.8 Å². The van der Waals surface area contributed by atoms with Gasteiger partial charge in [-0.25, -0.2) is 0 Å². The monoisotopic (exact) mass is 429 g/mol. The summed E-state index contributed by atoms with van der Waals surface area (Å²) in [5.41, 5.74) is 0. The second kappa shape index (κ2) is 21.6. The minimum absolute atomic E-state index is 0.312. The van der Waals surface area contributed by atoms with E-state index in [9.17, 15) is 20.1 Å². The van der Waals surface area contributed by atoms with Crippen LogP contribution < -0.4 is 5.32 Å². The van der Waals surface area contributed by atoms with E-state index in [1.807, 2.05) is 0 Å². The van der Waals surface area contributed by atoms with Crippen molar-refractivity contribution in [2.75, 3.05) is 6.61 Å². The van der Waals surface area contributed by atoms with Crippen molar-refractivity contribution in [3.05, 3.63) is 0 Å². The van der Waals surface area contributed by atoms with Crippen LogP contribution >= 0.6 is 0 Å². The Hall–Kier alpha value is -0.650. The van der Waals surface area contributed by atoms with Crippen LogP contribution in [0.1, 0.15) is 129 Å². The predicted molar refractivity (Wildman–Crippen MR) is 125 cm³/mol. The molecule has 0 aromatic rings. The maximum absolute atomic E-state index is 12.0. The predicted octanol–water partition coefficient (Wildman–Crippen LogP) is 5.25. The van der Waals surface area contributed by atoms with Crippen molar-refractivity contribution in [1.82, 2.24) is 5.32 Å². The Kier molecular flexibility index (Phi) is 21.1. The number of amides is 1. The van der Waals surface area contributed by atoms with Crippen molar-refractivity contribution in [2.24, 2.45) is 0 Å². The van der Waals surface area contributed by atoms with E-state index in [0.29, 0.717) is 12.8 Å². The number of nitrogens with one attached hydrogen (secondary N) is 1. The molecule has 0 saturated heterocycles. The molecule has 5 nitrogen and oxygen atoms in total. The Morgan fingerprint density at radius 1 is 0.667 bits per heavy atom. The maximum Gasteiger partial charge on any atom is 0.249 e. The van der Waals surface area contributed by atoms with Crippen molar-refractivity contribution >= 4 is 5.91 Å². The third-order valence-electron chi connectivity index (χ3n) is 5.98. The Balaban J connectivity index is 3.68. The van der Waals surface area contributed by atoms with Gasteiger partial charge in [0.2, 0.25) is 5.91 Å². The minimum Gasteiger partial charge on any atom is -0.394 e. The van der Waals surface area contributed by atoms with E-state index in [1.54, 1.807) is 0 Å². The molecule has 0 radical (unpaired) electrons. The Morgan fingerprint density at radius 3 is 1.53 bits per heavy atom. The fourth-order valence-corrected chi connectivity index (χ4v) is 3.83. The summed E-state index contributed by atoms with van der Waals surface area (Å²) in [5, 5.41) is 32.3. The van der Waals surface area contributed by atoms with E-state index < -0.39 is 24.2 Å². The van der Waals surface area contributed by atoms with E-state index in [1.165, 1.54) is 70.6 Å². The molecular formula is C25H51NO4. The zero-order valence-corrected chi connectivity index (χ0v) is 19.9. The lowest BCUT2D eigenvalue weighted by Crippen LogP contribution is -2.49. The van der Waals surface area contributed by atoms with Crippen molar-refractivity contribution in [2.45, 2.75) is 148 Å². The number of hydrogen-bond donors (Lipinski definition) is 4. The third-order valence-corrected chi connectivity index (χ3v) is 5.98. The van der Waals surface area contributed by atoms with Gasteiger partial charge in [0.1, 0.15) is 6.10 Å². The number of rotatable bonds is 22. The van der Waals surface area contributed by atoms with Gasteiger partial charge in [-0.2, -0.15) is 0 Å². The molecule has 0 aliphatic rings.